The highest BCUT2D eigenvalue weighted by molar-refractivity contribution is 6.32. The van der Waals surface area contributed by atoms with E-state index < -0.39 is 4.87 Å². The fraction of sp³-hybridized carbons (Fsp3) is 0.214. The molecule has 17 heavy (non-hydrogen) atoms. The van der Waals surface area contributed by atoms with Crippen LogP contribution >= 0.6 is 23.2 Å². The Morgan fingerprint density at radius 3 is 2.53 bits per heavy atom. The smallest absolute Gasteiger partial charge is 0.192 e. The molecule has 1 aliphatic carbocycles. The van der Waals surface area contributed by atoms with Crippen LogP contribution in [0.5, 0.6) is 0 Å². The van der Waals surface area contributed by atoms with Crippen molar-refractivity contribution in [2.24, 2.45) is 0 Å². The van der Waals surface area contributed by atoms with Crippen molar-refractivity contribution in [1.29, 1.82) is 0 Å². The number of ketones is 1. The largest absolute Gasteiger partial charge is 0.289 e. The van der Waals surface area contributed by atoms with Crippen LogP contribution in [0, 0.1) is 0 Å². The van der Waals surface area contributed by atoms with Crippen LogP contribution in [0.2, 0.25) is 0 Å². The summed E-state index contributed by atoms with van der Waals surface area (Å²) in [7, 11) is 0. The van der Waals surface area contributed by atoms with Gasteiger partial charge in [0.1, 0.15) is 0 Å². The highest BCUT2D eigenvalue weighted by atomic mass is 35.5. The lowest BCUT2D eigenvalue weighted by Gasteiger charge is -2.22. The van der Waals surface area contributed by atoms with E-state index >= 15 is 0 Å². The van der Waals surface area contributed by atoms with Gasteiger partial charge < -0.3 is 0 Å². The number of hydrogen-bond acceptors (Lipinski definition) is 1. The normalized spacial score (nSPS) is 23.3. The molecule has 3 heteroatoms. The van der Waals surface area contributed by atoms with Crippen LogP contribution < -0.4 is 0 Å². The maximum Gasteiger partial charge on any atom is 0.192 e. The van der Waals surface area contributed by atoms with E-state index in [1.54, 1.807) is 24.3 Å². The van der Waals surface area contributed by atoms with E-state index in [9.17, 15) is 4.79 Å². The molecule has 0 amide bonds. The third-order valence-electron chi connectivity index (χ3n) is 2.74. The van der Waals surface area contributed by atoms with Crippen LogP contribution in [-0.2, 0) is 0 Å². The Hall–Kier alpha value is -1.05. The molecule has 1 unspecified atom stereocenters. The predicted octanol–water partition coefficient (Wildman–Crippen LogP) is 3.97. The van der Waals surface area contributed by atoms with Gasteiger partial charge in [-0.15, -0.1) is 23.2 Å². The molecule has 1 aliphatic rings. The van der Waals surface area contributed by atoms with Gasteiger partial charge in [0.2, 0.25) is 0 Å². The fourth-order valence-electron chi connectivity index (χ4n) is 1.68. The second-order valence-electron chi connectivity index (χ2n) is 4.06. The molecule has 1 aromatic rings. The van der Waals surface area contributed by atoms with Gasteiger partial charge in [-0.1, -0.05) is 48.6 Å². The first kappa shape index (κ1) is 12.4. The Labute approximate surface area is 111 Å². The average molecular weight is 267 g/mol. The molecule has 88 valence electrons. The Kier molecular flexibility index (Phi) is 3.70. The first-order chi connectivity index (χ1) is 8.14. The number of Topliss-reactive ketones (excluding diaryl/α,β-unsaturated/α-hetero) is 1. The third-order valence-corrected chi connectivity index (χ3v) is 3.77. The van der Waals surface area contributed by atoms with Crippen molar-refractivity contribution in [3.8, 4) is 0 Å². The van der Waals surface area contributed by atoms with Gasteiger partial charge in [0.05, 0.1) is 4.87 Å². The summed E-state index contributed by atoms with van der Waals surface area (Å²) >= 11 is 12.0. The van der Waals surface area contributed by atoms with Gasteiger partial charge >= 0.3 is 0 Å². The van der Waals surface area contributed by atoms with E-state index in [4.69, 9.17) is 23.2 Å². The molecule has 0 radical (unpaired) electrons. The molecule has 0 fully saturated rings. The Morgan fingerprint density at radius 2 is 2.00 bits per heavy atom. The summed E-state index contributed by atoms with van der Waals surface area (Å²) in [5.74, 6) is 0.365. The summed E-state index contributed by atoms with van der Waals surface area (Å²) in [6, 6.07) is 9.21. The maximum atomic E-state index is 12.1. The van der Waals surface area contributed by atoms with Crippen molar-refractivity contribution in [3.05, 3.63) is 59.7 Å². The molecule has 1 atom stereocenters. The second-order valence-corrected chi connectivity index (χ2v) is 5.08. The molecule has 0 aliphatic heterocycles. The quantitative estimate of drug-likeness (QED) is 0.598. The molecule has 0 spiro atoms. The molecule has 1 aromatic carbocycles. The van der Waals surface area contributed by atoms with Gasteiger partial charge in [-0.2, -0.15) is 0 Å². The zero-order valence-corrected chi connectivity index (χ0v) is 10.7. The summed E-state index contributed by atoms with van der Waals surface area (Å²) in [4.78, 5) is 11.6. The highest BCUT2D eigenvalue weighted by Gasteiger charge is 2.25. The van der Waals surface area contributed by atoms with Crippen molar-refractivity contribution >= 4 is 29.0 Å². The van der Waals surface area contributed by atoms with Crippen molar-refractivity contribution < 1.29 is 4.79 Å². The molecule has 0 saturated carbocycles. The number of benzene rings is 1. The van der Waals surface area contributed by atoms with Crippen LogP contribution in [-0.4, -0.2) is 16.5 Å². The minimum absolute atomic E-state index is 0.0233. The van der Waals surface area contributed by atoms with Crippen molar-refractivity contribution in [1.82, 2.24) is 0 Å². The van der Waals surface area contributed by atoms with Gasteiger partial charge in [0.25, 0.3) is 0 Å². The Balaban J connectivity index is 2.17. The monoisotopic (exact) mass is 266 g/mol. The average Bonchev–Trinajstić information content (AvgIpc) is 2.40. The van der Waals surface area contributed by atoms with Gasteiger partial charge in [0.15, 0.2) is 5.78 Å². The molecule has 0 heterocycles. The molecule has 0 aromatic heterocycles. The lowest BCUT2D eigenvalue weighted by Crippen LogP contribution is -2.22. The zero-order chi connectivity index (χ0) is 12.3. The standard InChI is InChI=1S/C14H12Cl2O/c15-10-14(16)8-6-12(7-9-14)13(17)11-4-2-1-3-5-11/h1-8H,9-10H2. The van der Waals surface area contributed by atoms with Gasteiger partial charge in [-0.3, -0.25) is 4.79 Å². The lowest BCUT2D eigenvalue weighted by molar-refractivity contribution is 0.103. The second kappa shape index (κ2) is 5.07. The maximum absolute atomic E-state index is 12.1. The van der Waals surface area contributed by atoms with Crippen LogP contribution in [0.25, 0.3) is 0 Å². The fourth-order valence-corrected chi connectivity index (χ4v) is 2.02. The molecule has 0 saturated heterocycles. The number of allylic oxidation sites excluding steroid dienone is 4. The summed E-state index contributed by atoms with van der Waals surface area (Å²) in [5, 5.41) is 0. The number of carbonyl (C=O) groups is 1. The molecular weight excluding hydrogens is 255 g/mol. The van der Waals surface area contributed by atoms with Gasteiger partial charge in [0, 0.05) is 17.0 Å². The van der Waals surface area contributed by atoms with Gasteiger partial charge in [-0.05, 0) is 6.42 Å². The Bertz CT molecular complexity index is 476. The van der Waals surface area contributed by atoms with Crippen molar-refractivity contribution in [2.45, 2.75) is 11.3 Å². The predicted molar refractivity (Wildman–Crippen MR) is 71.9 cm³/mol. The first-order valence-electron chi connectivity index (χ1n) is 5.39. The first-order valence-corrected chi connectivity index (χ1v) is 6.30. The molecular formula is C14H12Cl2O. The lowest BCUT2D eigenvalue weighted by atomic mass is 9.93. The van der Waals surface area contributed by atoms with E-state index in [0.717, 1.165) is 0 Å². The number of carbonyl (C=O) groups excluding carboxylic acids is 1. The van der Waals surface area contributed by atoms with E-state index in [0.29, 0.717) is 23.4 Å². The minimum atomic E-state index is -0.540. The summed E-state index contributed by atoms with van der Waals surface area (Å²) < 4.78 is 0. The molecule has 2 rings (SSSR count). The topological polar surface area (TPSA) is 17.1 Å². The van der Waals surface area contributed by atoms with Crippen molar-refractivity contribution in [2.75, 3.05) is 5.88 Å². The number of hydrogen-bond donors (Lipinski definition) is 0. The van der Waals surface area contributed by atoms with Gasteiger partial charge in [-0.25, -0.2) is 0 Å². The third kappa shape index (κ3) is 2.80. The van der Waals surface area contributed by atoms with E-state index in [2.05, 4.69) is 0 Å². The number of halogens is 2. The summed E-state index contributed by atoms with van der Waals surface area (Å²) in [6.07, 6.45) is 6.00. The van der Waals surface area contributed by atoms with Crippen LogP contribution in [0.15, 0.2) is 54.1 Å². The number of alkyl halides is 2. The zero-order valence-electron chi connectivity index (χ0n) is 9.20. The Morgan fingerprint density at radius 1 is 1.29 bits per heavy atom. The molecule has 1 nitrogen and oxygen atoms in total. The van der Waals surface area contributed by atoms with E-state index in [1.165, 1.54) is 0 Å². The van der Waals surface area contributed by atoms with Crippen LogP contribution in [0.4, 0.5) is 0 Å². The summed E-state index contributed by atoms with van der Waals surface area (Å²) in [5.41, 5.74) is 1.37. The van der Waals surface area contributed by atoms with Crippen LogP contribution in [0.1, 0.15) is 16.8 Å². The number of rotatable bonds is 3. The molecule has 0 bridgehead atoms. The minimum Gasteiger partial charge on any atom is -0.289 e. The summed E-state index contributed by atoms with van der Waals surface area (Å²) in [6.45, 7) is 0. The highest BCUT2D eigenvalue weighted by Crippen LogP contribution is 2.30. The van der Waals surface area contributed by atoms with Crippen LogP contribution in [0.3, 0.4) is 0 Å². The van der Waals surface area contributed by atoms with E-state index in [1.807, 2.05) is 24.3 Å². The SMILES string of the molecule is O=C(C1=CCC(Cl)(CCl)C=C1)c1ccccc1. The van der Waals surface area contributed by atoms with E-state index in [-0.39, 0.29) is 5.78 Å². The molecule has 0 N–H and O–H groups in total. The van der Waals surface area contributed by atoms with Crippen molar-refractivity contribution in [3.63, 3.8) is 0 Å².